The topological polar surface area (TPSA) is 65.8 Å². The first-order valence-electron chi connectivity index (χ1n) is 9.49. The van der Waals surface area contributed by atoms with Crippen LogP contribution < -0.4 is 15.1 Å². The number of aryl methyl sites for hydroxylation is 1. The number of nitrogens with one attached hydrogen (secondary N) is 1. The average Bonchev–Trinajstić information content (AvgIpc) is 3.31. The molecule has 1 saturated heterocycles. The number of benzene rings is 1. The molecule has 3 rings (SSSR count). The molecule has 0 aliphatic carbocycles. The van der Waals surface area contributed by atoms with Crippen molar-refractivity contribution in [1.29, 1.82) is 0 Å². The predicted octanol–water partition coefficient (Wildman–Crippen LogP) is 3.10. The summed E-state index contributed by atoms with van der Waals surface area (Å²) in [7, 11) is 0. The van der Waals surface area contributed by atoms with E-state index in [9.17, 15) is 9.59 Å². The van der Waals surface area contributed by atoms with E-state index in [1.165, 1.54) is 0 Å². The van der Waals surface area contributed by atoms with E-state index >= 15 is 0 Å². The number of amides is 2. The Morgan fingerprint density at radius 3 is 2.70 bits per heavy atom. The van der Waals surface area contributed by atoms with Gasteiger partial charge in [-0.15, -0.1) is 0 Å². The summed E-state index contributed by atoms with van der Waals surface area (Å²) in [5, 5.41) is 2.86. The summed E-state index contributed by atoms with van der Waals surface area (Å²) in [6, 6.07) is 9.75. The minimum atomic E-state index is -0.339. The zero-order valence-corrected chi connectivity index (χ0v) is 16.2. The van der Waals surface area contributed by atoms with Gasteiger partial charge in [0, 0.05) is 37.4 Å². The van der Waals surface area contributed by atoms with E-state index in [1.807, 2.05) is 25.1 Å². The summed E-state index contributed by atoms with van der Waals surface area (Å²) in [4.78, 5) is 29.0. The Labute approximate surface area is 160 Å². The van der Waals surface area contributed by atoms with Gasteiger partial charge in [-0.25, -0.2) is 0 Å². The lowest BCUT2D eigenvalue weighted by Gasteiger charge is -2.24. The van der Waals surface area contributed by atoms with Gasteiger partial charge in [0.25, 0.3) is 0 Å². The molecule has 1 aliphatic heterocycles. The zero-order valence-electron chi connectivity index (χ0n) is 16.2. The summed E-state index contributed by atoms with van der Waals surface area (Å²) in [5.74, 6) is 0.244. The van der Waals surface area contributed by atoms with Crippen molar-refractivity contribution in [2.75, 3.05) is 29.4 Å². The molecule has 0 saturated carbocycles. The van der Waals surface area contributed by atoms with Crippen LogP contribution in [0.3, 0.4) is 0 Å². The molecule has 0 spiro atoms. The Balaban J connectivity index is 1.67. The van der Waals surface area contributed by atoms with Crippen molar-refractivity contribution < 1.29 is 14.0 Å². The van der Waals surface area contributed by atoms with Crippen LogP contribution in [-0.4, -0.2) is 31.4 Å². The van der Waals surface area contributed by atoms with Crippen molar-refractivity contribution in [1.82, 2.24) is 5.32 Å². The van der Waals surface area contributed by atoms with Crippen molar-refractivity contribution in [3.05, 3.63) is 47.9 Å². The maximum atomic E-state index is 12.5. The van der Waals surface area contributed by atoms with Gasteiger partial charge in [0.2, 0.25) is 11.8 Å². The van der Waals surface area contributed by atoms with Crippen molar-refractivity contribution in [3.8, 4) is 0 Å². The number of hydrogen-bond acceptors (Lipinski definition) is 4. The minimum Gasteiger partial charge on any atom is -0.467 e. The molecule has 0 bridgehead atoms. The minimum absolute atomic E-state index is 0.00756. The van der Waals surface area contributed by atoms with Crippen LogP contribution in [0.5, 0.6) is 0 Å². The van der Waals surface area contributed by atoms with Crippen LogP contribution in [0.4, 0.5) is 11.4 Å². The first-order chi connectivity index (χ1) is 13.0. The molecule has 1 aliphatic rings. The van der Waals surface area contributed by atoms with Crippen molar-refractivity contribution in [3.63, 3.8) is 0 Å². The fourth-order valence-corrected chi connectivity index (χ4v) is 3.58. The molecule has 27 heavy (non-hydrogen) atoms. The van der Waals surface area contributed by atoms with Gasteiger partial charge in [-0.1, -0.05) is 0 Å². The molecule has 2 heterocycles. The molecule has 2 amide bonds. The van der Waals surface area contributed by atoms with E-state index in [1.54, 1.807) is 17.2 Å². The van der Waals surface area contributed by atoms with Crippen LogP contribution in [-0.2, 0) is 16.1 Å². The van der Waals surface area contributed by atoms with Crippen molar-refractivity contribution >= 4 is 23.2 Å². The van der Waals surface area contributed by atoms with Crippen molar-refractivity contribution in [2.24, 2.45) is 5.92 Å². The quantitative estimate of drug-likeness (QED) is 0.814. The monoisotopic (exact) mass is 369 g/mol. The SMILES string of the molecule is CCN(CC)c1ccc(N2CC(C(=O)NCc3ccco3)CC2=O)c(C)c1. The number of anilines is 2. The average molecular weight is 369 g/mol. The summed E-state index contributed by atoms with van der Waals surface area (Å²) in [5.41, 5.74) is 3.09. The second-order valence-electron chi connectivity index (χ2n) is 6.85. The van der Waals surface area contributed by atoms with Gasteiger partial charge < -0.3 is 19.5 Å². The van der Waals surface area contributed by atoms with Gasteiger partial charge >= 0.3 is 0 Å². The van der Waals surface area contributed by atoms with E-state index in [2.05, 4.69) is 30.1 Å². The first-order valence-corrected chi connectivity index (χ1v) is 9.49. The third-order valence-corrected chi connectivity index (χ3v) is 5.11. The van der Waals surface area contributed by atoms with Gasteiger partial charge in [0.15, 0.2) is 0 Å². The van der Waals surface area contributed by atoms with E-state index in [-0.39, 0.29) is 24.2 Å². The van der Waals surface area contributed by atoms with Crippen LogP contribution >= 0.6 is 0 Å². The molecule has 6 heteroatoms. The Bertz CT molecular complexity index is 797. The van der Waals surface area contributed by atoms with E-state index in [4.69, 9.17) is 4.42 Å². The Morgan fingerprint density at radius 2 is 2.07 bits per heavy atom. The lowest BCUT2D eigenvalue weighted by atomic mass is 10.1. The largest absolute Gasteiger partial charge is 0.467 e. The summed E-state index contributed by atoms with van der Waals surface area (Å²) in [6.07, 6.45) is 1.81. The second kappa shape index (κ2) is 8.29. The van der Waals surface area contributed by atoms with E-state index < -0.39 is 0 Å². The summed E-state index contributed by atoms with van der Waals surface area (Å²) in [6.45, 7) is 8.90. The third kappa shape index (κ3) is 4.15. The zero-order chi connectivity index (χ0) is 19.4. The highest BCUT2D eigenvalue weighted by Crippen LogP contribution is 2.30. The van der Waals surface area contributed by atoms with Gasteiger partial charge in [-0.3, -0.25) is 9.59 Å². The Morgan fingerprint density at radius 1 is 1.30 bits per heavy atom. The molecule has 144 valence electrons. The molecule has 1 aromatic heterocycles. The lowest BCUT2D eigenvalue weighted by Crippen LogP contribution is -2.32. The number of nitrogens with zero attached hydrogens (tertiary/aromatic N) is 2. The van der Waals surface area contributed by atoms with Crippen LogP contribution in [0.1, 0.15) is 31.6 Å². The number of carbonyl (C=O) groups excluding carboxylic acids is 2. The summed E-state index contributed by atoms with van der Waals surface area (Å²) < 4.78 is 5.23. The molecule has 1 unspecified atom stereocenters. The molecule has 1 atom stereocenters. The Hall–Kier alpha value is -2.76. The van der Waals surface area contributed by atoms with Gasteiger partial charge in [0.1, 0.15) is 5.76 Å². The molecule has 2 aromatic rings. The van der Waals surface area contributed by atoms with Crippen LogP contribution in [0, 0.1) is 12.8 Å². The predicted molar refractivity (Wildman–Crippen MR) is 106 cm³/mol. The molecular formula is C21H27N3O3. The molecule has 1 fully saturated rings. The normalized spacial score (nSPS) is 16.6. The van der Waals surface area contributed by atoms with Crippen LogP contribution in [0.15, 0.2) is 41.0 Å². The smallest absolute Gasteiger partial charge is 0.227 e. The fourth-order valence-electron chi connectivity index (χ4n) is 3.58. The highest BCUT2D eigenvalue weighted by molar-refractivity contribution is 6.01. The van der Waals surface area contributed by atoms with Gasteiger partial charge in [0.05, 0.1) is 18.7 Å². The van der Waals surface area contributed by atoms with Crippen LogP contribution in [0.25, 0.3) is 0 Å². The Kier molecular flexibility index (Phi) is 5.84. The second-order valence-corrected chi connectivity index (χ2v) is 6.85. The highest BCUT2D eigenvalue weighted by Gasteiger charge is 2.35. The van der Waals surface area contributed by atoms with Crippen LogP contribution in [0.2, 0.25) is 0 Å². The number of hydrogen-bond donors (Lipinski definition) is 1. The van der Waals surface area contributed by atoms with Gasteiger partial charge in [-0.05, 0) is 56.7 Å². The van der Waals surface area contributed by atoms with Gasteiger partial charge in [-0.2, -0.15) is 0 Å². The molecule has 0 radical (unpaired) electrons. The molecule has 1 N–H and O–H groups in total. The number of carbonyl (C=O) groups is 2. The maximum Gasteiger partial charge on any atom is 0.227 e. The highest BCUT2D eigenvalue weighted by atomic mass is 16.3. The molecule has 1 aromatic carbocycles. The fraction of sp³-hybridized carbons (Fsp3) is 0.429. The third-order valence-electron chi connectivity index (χ3n) is 5.11. The maximum absolute atomic E-state index is 12.5. The lowest BCUT2D eigenvalue weighted by molar-refractivity contribution is -0.126. The van der Waals surface area contributed by atoms with E-state index in [0.717, 1.165) is 30.0 Å². The first kappa shape index (κ1) is 19.0. The summed E-state index contributed by atoms with van der Waals surface area (Å²) >= 11 is 0. The van der Waals surface area contributed by atoms with Crippen molar-refractivity contribution in [2.45, 2.75) is 33.7 Å². The molecule has 6 nitrogen and oxygen atoms in total. The standard InChI is InChI=1S/C21H27N3O3/c1-4-23(5-2)17-8-9-19(15(3)11-17)24-14-16(12-20(24)25)21(26)22-13-18-7-6-10-27-18/h6-11,16H,4-5,12-14H2,1-3H3,(H,22,26). The number of furan rings is 1. The van der Waals surface area contributed by atoms with E-state index in [0.29, 0.717) is 18.8 Å². The number of rotatable bonds is 7. The molecular weight excluding hydrogens is 342 g/mol.